The van der Waals surface area contributed by atoms with Crippen molar-refractivity contribution >= 4 is 11.9 Å². The third-order valence-electron chi connectivity index (χ3n) is 4.53. The summed E-state index contributed by atoms with van der Waals surface area (Å²) in [6.07, 6.45) is 5.42. The van der Waals surface area contributed by atoms with Crippen molar-refractivity contribution in [1.29, 1.82) is 0 Å². The van der Waals surface area contributed by atoms with E-state index in [0.29, 0.717) is 6.04 Å². The van der Waals surface area contributed by atoms with Gasteiger partial charge in [0.2, 0.25) is 5.91 Å². The van der Waals surface area contributed by atoms with Crippen LogP contribution < -0.4 is 0 Å². The Morgan fingerprint density at radius 3 is 2.53 bits per heavy atom. The molecular formula is C14H24N2O3. The summed E-state index contributed by atoms with van der Waals surface area (Å²) in [5, 5.41) is 9.11. The molecule has 0 aromatic heterocycles. The molecule has 0 radical (unpaired) electrons. The van der Waals surface area contributed by atoms with E-state index in [4.69, 9.17) is 5.11 Å². The van der Waals surface area contributed by atoms with Crippen LogP contribution in [0.2, 0.25) is 0 Å². The molecule has 0 aromatic rings. The number of likely N-dealkylation sites (N-methyl/N-ethyl adjacent to an activating group) is 1. The summed E-state index contributed by atoms with van der Waals surface area (Å²) in [4.78, 5) is 27.4. The van der Waals surface area contributed by atoms with Crippen LogP contribution in [0.4, 0.5) is 0 Å². The Kier molecular flexibility index (Phi) is 4.45. The molecular weight excluding hydrogens is 244 g/mol. The van der Waals surface area contributed by atoms with Crippen LogP contribution in [0.1, 0.15) is 45.4 Å². The smallest absolute Gasteiger partial charge is 0.305 e. The minimum atomic E-state index is -0.885. The van der Waals surface area contributed by atoms with E-state index in [-0.39, 0.29) is 18.4 Å². The second-order valence-electron chi connectivity index (χ2n) is 5.90. The lowest BCUT2D eigenvalue weighted by molar-refractivity contribution is -0.145. The first-order valence-electron chi connectivity index (χ1n) is 7.25. The normalized spacial score (nSPS) is 30.6. The highest BCUT2D eigenvalue weighted by molar-refractivity contribution is 5.86. The number of carboxylic acids is 1. The number of nitrogens with zero attached hydrogens (tertiary/aromatic N) is 2. The molecule has 1 amide bonds. The van der Waals surface area contributed by atoms with E-state index in [1.54, 1.807) is 11.9 Å². The van der Waals surface area contributed by atoms with Gasteiger partial charge < -0.3 is 10.0 Å². The van der Waals surface area contributed by atoms with E-state index >= 15 is 0 Å². The number of hydrogen-bond acceptors (Lipinski definition) is 3. The van der Waals surface area contributed by atoms with E-state index in [1.165, 1.54) is 12.8 Å². The van der Waals surface area contributed by atoms with Crippen molar-refractivity contribution in [3.8, 4) is 0 Å². The van der Waals surface area contributed by atoms with Gasteiger partial charge in [0.05, 0.1) is 6.42 Å². The highest BCUT2D eigenvalue weighted by Crippen LogP contribution is 2.30. The molecule has 5 heteroatoms. The van der Waals surface area contributed by atoms with Gasteiger partial charge in [-0.25, -0.2) is 0 Å². The van der Waals surface area contributed by atoms with Crippen LogP contribution in [0.15, 0.2) is 0 Å². The molecule has 2 rings (SSSR count). The number of carboxylic acid groups (broad SMARTS) is 1. The molecule has 19 heavy (non-hydrogen) atoms. The first-order chi connectivity index (χ1) is 9.00. The number of rotatable bonds is 3. The lowest BCUT2D eigenvalue weighted by Crippen LogP contribution is -2.52. The molecule has 0 spiro atoms. The van der Waals surface area contributed by atoms with Crippen molar-refractivity contribution in [2.75, 3.05) is 13.6 Å². The monoisotopic (exact) mass is 268 g/mol. The van der Waals surface area contributed by atoms with Crippen molar-refractivity contribution < 1.29 is 14.7 Å². The summed E-state index contributed by atoms with van der Waals surface area (Å²) in [6.45, 7) is 2.85. The second-order valence-corrected chi connectivity index (χ2v) is 5.90. The summed E-state index contributed by atoms with van der Waals surface area (Å²) in [6, 6.07) is 0.180. The van der Waals surface area contributed by atoms with Crippen LogP contribution in [-0.4, -0.2) is 58.5 Å². The first-order valence-corrected chi connectivity index (χ1v) is 7.25. The fraction of sp³-hybridized carbons (Fsp3) is 0.857. The van der Waals surface area contributed by atoms with Crippen molar-refractivity contribution in [1.82, 2.24) is 9.80 Å². The molecule has 1 aliphatic carbocycles. The van der Waals surface area contributed by atoms with Gasteiger partial charge >= 0.3 is 5.97 Å². The van der Waals surface area contributed by atoms with Gasteiger partial charge in [-0.15, -0.1) is 0 Å². The predicted molar refractivity (Wildman–Crippen MR) is 71.9 cm³/mol. The fourth-order valence-corrected chi connectivity index (χ4v) is 3.50. The third-order valence-corrected chi connectivity index (χ3v) is 4.53. The molecule has 2 fully saturated rings. The van der Waals surface area contributed by atoms with E-state index in [2.05, 4.69) is 11.8 Å². The van der Waals surface area contributed by atoms with Gasteiger partial charge in [-0.2, -0.15) is 0 Å². The lowest BCUT2D eigenvalue weighted by Gasteiger charge is -2.37. The number of carbonyl (C=O) groups excluding carboxylic acids is 1. The topological polar surface area (TPSA) is 60.9 Å². The summed E-state index contributed by atoms with van der Waals surface area (Å²) in [5.74, 6) is -0.914. The van der Waals surface area contributed by atoms with E-state index in [0.717, 1.165) is 25.8 Å². The van der Waals surface area contributed by atoms with Gasteiger partial charge in [0.25, 0.3) is 0 Å². The summed E-state index contributed by atoms with van der Waals surface area (Å²) in [5.41, 5.74) is 0. The van der Waals surface area contributed by atoms with Crippen molar-refractivity contribution in [3.63, 3.8) is 0 Å². The van der Waals surface area contributed by atoms with Crippen molar-refractivity contribution in [2.24, 2.45) is 0 Å². The lowest BCUT2D eigenvalue weighted by atomic mass is 10.0. The Balaban J connectivity index is 2.25. The van der Waals surface area contributed by atoms with Gasteiger partial charge in [0.15, 0.2) is 0 Å². The van der Waals surface area contributed by atoms with Crippen LogP contribution in [0.25, 0.3) is 0 Å². The predicted octanol–water partition coefficient (Wildman–Crippen LogP) is 1.32. The van der Waals surface area contributed by atoms with E-state index in [9.17, 15) is 9.59 Å². The molecule has 2 atom stereocenters. The summed E-state index contributed by atoms with van der Waals surface area (Å²) >= 11 is 0. The minimum Gasteiger partial charge on any atom is -0.481 e. The Morgan fingerprint density at radius 2 is 1.95 bits per heavy atom. The van der Waals surface area contributed by atoms with E-state index < -0.39 is 12.0 Å². The molecule has 0 aromatic carbocycles. The van der Waals surface area contributed by atoms with Crippen molar-refractivity contribution in [2.45, 2.75) is 63.6 Å². The third kappa shape index (κ3) is 3.08. The zero-order valence-electron chi connectivity index (χ0n) is 11.8. The highest BCUT2D eigenvalue weighted by atomic mass is 16.4. The SMILES string of the molecule is CC1CCN(C)C(=O)C(CC(=O)O)N1C1CCCC1. The highest BCUT2D eigenvalue weighted by Gasteiger charge is 2.40. The Hall–Kier alpha value is -1.10. The number of hydrogen-bond donors (Lipinski definition) is 1. The molecule has 0 bridgehead atoms. The maximum absolute atomic E-state index is 12.4. The van der Waals surface area contributed by atoms with Crippen LogP contribution in [-0.2, 0) is 9.59 Å². The molecule has 1 saturated carbocycles. The number of carbonyl (C=O) groups is 2. The standard InChI is InChI=1S/C14H24N2O3/c1-10-7-8-15(2)14(19)12(9-13(17)18)16(10)11-5-3-4-6-11/h10-12H,3-9H2,1-2H3,(H,17,18). The van der Waals surface area contributed by atoms with Gasteiger partial charge in [0, 0.05) is 25.7 Å². The molecule has 2 unspecified atom stereocenters. The Labute approximate surface area is 114 Å². The zero-order chi connectivity index (χ0) is 14.0. The second kappa shape index (κ2) is 5.90. The average molecular weight is 268 g/mol. The molecule has 1 aliphatic heterocycles. The van der Waals surface area contributed by atoms with Crippen molar-refractivity contribution in [3.05, 3.63) is 0 Å². The van der Waals surface area contributed by atoms with Gasteiger partial charge in [-0.05, 0) is 26.2 Å². The quantitative estimate of drug-likeness (QED) is 0.838. The fourth-order valence-electron chi connectivity index (χ4n) is 3.50. The maximum Gasteiger partial charge on any atom is 0.305 e. The van der Waals surface area contributed by atoms with Gasteiger partial charge in [-0.1, -0.05) is 12.8 Å². The Morgan fingerprint density at radius 1 is 1.32 bits per heavy atom. The Bertz CT molecular complexity index is 353. The van der Waals surface area contributed by atoms with Gasteiger partial charge in [0.1, 0.15) is 6.04 Å². The molecule has 1 saturated heterocycles. The summed E-state index contributed by atoms with van der Waals surface area (Å²) in [7, 11) is 1.78. The molecule has 2 aliphatic rings. The van der Waals surface area contributed by atoms with Crippen LogP contribution in [0.3, 0.4) is 0 Å². The van der Waals surface area contributed by atoms with E-state index in [1.807, 2.05) is 0 Å². The average Bonchev–Trinajstić information content (AvgIpc) is 2.84. The largest absolute Gasteiger partial charge is 0.481 e. The molecule has 5 nitrogen and oxygen atoms in total. The molecule has 1 N–H and O–H groups in total. The zero-order valence-corrected chi connectivity index (χ0v) is 11.8. The maximum atomic E-state index is 12.4. The number of aliphatic carboxylic acids is 1. The first kappa shape index (κ1) is 14.3. The van der Waals surface area contributed by atoms with Gasteiger partial charge in [-0.3, -0.25) is 14.5 Å². The summed E-state index contributed by atoms with van der Waals surface area (Å²) < 4.78 is 0. The van der Waals surface area contributed by atoms with Crippen LogP contribution in [0.5, 0.6) is 0 Å². The van der Waals surface area contributed by atoms with Crippen LogP contribution >= 0.6 is 0 Å². The van der Waals surface area contributed by atoms with Crippen LogP contribution in [0, 0.1) is 0 Å². The molecule has 108 valence electrons. The molecule has 1 heterocycles. The number of amides is 1. The minimum absolute atomic E-state index is 0.0290.